The molecule has 0 radical (unpaired) electrons. The third-order valence-corrected chi connectivity index (χ3v) is 21.5. The fourth-order valence-corrected chi connectivity index (χ4v) is 15.0. The van der Waals surface area contributed by atoms with Crippen molar-refractivity contribution in [2.24, 2.45) is 16.2 Å². The number of aliphatic hydroxyl groups is 9. The van der Waals surface area contributed by atoms with Crippen molar-refractivity contribution in [1.29, 1.82) is 0 Å². The van der Waals surface area contributed by atoms with Crippen molar-refractivity contribution in [3.63, 3.8) is 0 Å². The van der Waals surface area contributed by atoms with Gasteiger partial charge in [0.2, 0.25) is 35.1 Å². The molecule has 4 saturated heterocycles. The van der Waals surface area contributed by atoms with Crippen molar-refractivity contribution in [1.82, 2.24) is 0 Å². The molecule has 46 heteroatoms. The molecule has 0 spiro atoms. The summed E-state index contributed by atoms with van der Waals surface area (Å²) in [6.07, 6.45) is -12.4. The van der Waals surface area contributed by atoms with Crippen LogP contribution in [0.25, 0.3) is 0 Å². The highest BCUT2D eigenvalue weighted by molar-refractivity contribution is 6.64. The SMILES string of the molecule is CC(=O)OC1=C(C)[C@@H]([C@@H]2COC(C(=O)Cl)O2)OC1=O.CC(=O)OC1=C(C)[C@@H]([C@@H]2COC(C(=O)OC3CC(C)(C)C(C=C(C)C)=C(C)C3=O)O2)OC1=O.CC(C)=CC1=C(C)C(=O)C(O)CC1(C)C.CC(C)=CC1=C(C)C(=O)C(OC(=O)C2OC[C@@H]([C@H]3OC(=O)C(O)=C3O)O2)CC1(C)C.CCOC(OCC)C(=O)O.O=C1O[C@H]([C@@H](O)CO)C(O)=C1O.O=C1O[C@H]([C@@H]2COC(C(=O)O)O2)C(O)=C1O. The van der Waals surface area contributed by atoms with Gasteiger partial charge in [0.25, 0.3) is 30.4 Å². The molecule has 0 amide bonds. The molecule has 9 heterocycles. The Morgan fingerprint density at radius 3 is 1.04 bits per heavy atom. The van der Waals surface area contributed by atoms with Gasteiger partial charge in [0.15, 0.2) is 77.4 Å². The molecule has 748 valence electrons. The van der Waals surface area contributed by atoms with E-state index in [4.69, 9.17) is 128 Å². The zero-order chi connectivity index (χ0) is 102. The number of aliphatic hydroxyl groups excluding tert-OH is 9. The third-order valence-electron chi connectivity index (χ3n) is 21.4. The van der Waals surface area contributed by atoms with Crippen LogP contribution in [0.4, 0.5) is 0 Å². The molecular weight excluding hydrogens is 1820 g/mol. The Balaban J connectivity index is 0.000000252. The third kappa shape index (κ3) is 28.6. The molecule has 45 nitrogen and oxygen atoms in total. The minimum atomic E-state index is -1.46. The average Bonchev–Trinajstić information content (AvgIpc) is 1.67. The molecule has 7 unspecified atom stereocenters. The van der Waals surface area contributed by atoms with Crippen LogP contribution in [0.1, 0.15) is 165 Å². The number of carboxylic acids is 2. The molecule has 0 aromatic rings. The van der Waals surface area contributed by atoms with E-state index in [0.29, 0.717) is 60.3 Å². The van der Waals surface area contributed by atoms with Gasteiger partial charge < -0.3 is 146 Å². The van der Waals surface area contributed by atoms with Crippen molar-refractivity contribution in [2.75, 3.05) is 46.2 Å². The average molecular weight is 1940 g/mol. The Morgan fingerprint density at radius 2 is 0.756 bits per heavy atom. The van der Waals surface area contributed by atoms with Gasteiger partial charge in [-0.15, -0.1) is 0 Å². The second kappa shape index (κ2) is 47.8. The molecule has 11 N–H and O–H groups in total. The molecule has 12 rings (SSSR count). The first kappa shape index (κ1) is 112. The minimum Gasteiger partial charge on any atom is -0.505 e. The number of aliphatic carboxylic acids is 2. The zero-order valence-electron chi connectivity index (χ0n) is 77.9. The molecule has 4 fully saturated rings. The first-order valence-corrected chi connectivity index (χ1v) is 42.3. The maximum atomic E-state index is 12.9. The topological polar surface area (TPSA) is 654 Å². The number of carboxylic acid groups (broad SMARTS) is 2. The highest BCUT2D eigenvalue weighted by atomic mass is 35.5. The van der Waals surface area contributed by atoms with Gasteiger partial charge in [-0.05, 0) is 158 Å². The molecule has 135 heavy (non-hydrogen) atoms. The van der Waals surface area contributed by atoms with Crippen molar-refractivity contribution in [3.05, 3.63) is 126 Å². The molecule has 0 bridgehead atoms. The zero-order valence-corrected chi connectivity index (χ0v) is 78.6. The molecule has 0 saturated carbocycles. The number of carbonyl (C=O) groups is 15. The van der Waals surface area contributed by atoms with E-state index in [1.54, 1.807) is 48.5 Å². The van der Waals surface area contributed by atoms with Crippen LogP contribution in [0, 0.1) is 16.2 Å². The number of Topliss-reactive ketones (excluding diaryl/α,β-unsaturated/α-hetero) is 3. The van der Waals surface area contributed by atoms with Gasteiger partial charge in [-0.25, -0.2) is 43.2 Å². The molecule has 12 aliphatic rings. The highest BCUT2D eigenvalue weighted by Crippen LogP contribution is 2.45. The normalized spacial score (nSPS) is 28.3. The summed E-state index contributed by atoms with van der Waals surface area (Å²) in [5.41, 5.74) is 7.97. The molecular formula is C89H115ClO45. The van der Waals surface area contributed by atoms with E-state index in [1.165, 1.54) is 19.4 Å². The number of hydrogen-bond donors (Lipinski definition) is 11. The van der Waals surface area contributed by atoms with Crippen molar-refractivity contribution in [2.45, 2.75) is 275 Å². The van der Waals surface area contributed by atoms with Crippen molar-refractivity contribution >= 4 is 99.9 Å². The Morgan fingerprint density at radius 1 is 0.444 bits per heavy atom. The number of halogens is 1. The second-order valence-electron chi connectivity index (χ2n) is 34.4. The van der Waals surface area contributed by atoms with Crippen LogP contribution in [0.15, 0.2) is 126 Å². The first-order chi connectivity index (χ1) is 62.7. The Labute approximate surface area is 778 Å². The summed E-state index contributed by atoms with van der Waals surface area (Å²) in [5, 5.41) is 98.3. The van der Waals surface area contributed by atoms with E-state index in [0.717, 1.165) is 27.9 Å². The molecule has 0 aromatic carbocycles. The fourth-order valence-electron chi connectivity index (χ4n) is 14.9. The van der Waals surface area contributed by atoms with E-state index in [2.05, 4.69) is 29.4 Å². The van der Waals surface area contributed by atoms with E-state index in [9.17, 15) is 92.3 Å². The quantitative estimate of drug-likeness (QED) is 0.0261. The summed E-state index contributed by atoms with van der Waals surface area (Å²) in [7, 11) is 0. The lowest BCUT2D eigenvalue weighted by Crippen LogP contribution is -2.41. The molecule has 9 aliphatic heterocycles. The van der Waals surface area contributed by atoms with Crippen LogP contribution < -0.4 is 0 Å². The lowest BCUT2D eigenvalue weighted by Gasteiger charge is -2.36. The van der Waals surface area contributed by atoms with Gasteiger partial charge in [0, 0.05) is 51.0 Å². The fraction of sp³-hybridized carbons (Fsp3) is 0.584. The van der Waals surface area contributed by atoms with E-state index < -0.39 is 223 Å². The van der Waals surface area contributed by atoms with Gasteiger partial charge in [-0.2, -0.15) is 0 Å². The highest BCUT2D eigenvalue weighted by Gasteiger charge is 2.53. The van der Waals surface area contributed by atoms with Gasteiger partial charge in [0.05, 0.1) is 33.0 Å². The Hall–Kier alpha value is -11.4. The van der Waals surface area contributed by atoms with Crippen LogP contribution >= 0.6 is 11.6 Å². The standard InChI is InChI=1S/C24H30O9.C21H26O9.C13H20O2.C11H11ClO7.C8H8O8.C6H8O6.C6H12O4/c1-11(2)8-15-12(3)18(26)16(9-24(15,6)7)31-22(28)23-29-10-17(32-23)19-13(4)20(21(27)33-19)30-14(5)25;1-9(2)6-11-10(3)14(22)12(7-21(11,4)5)28-19(26)20-27-8-13(29-20)17-15(23)16(24)18(25)30-17;1-8(2)6-10-9(3)12(15)11(14)7-13(10,4)5;1-4-7(6-3-16-11(18-6)9(12)14)19-10(15)8(4)17-5(2)13;9-3-4(10)7(13)16-5(3)2-1-14-8(15-2)6(11)12;7-1-2(8)5-3(9)4(10)6(11)12-5;1-3-9-6(5(7)8)10-4-2/h8,16-17,19,23H,9-10H2,1-7H3;6,12-13,17,20,23-24H,7-8H2,1-5H3;6,11,14H,7H2,1-5H3;6-7,11H,3H2,1-2H3;2,5,8-10H,1H2,(H,11,12);2,5,7-10H,1H2;6H,3-4H2,1-2H3,(H,7,8)/t16?,17-,19-,23?;12?,13-,17+,20?;;6-,7-,11?;2-,5+,8?;2-,5+;/m00.000./s1. The van der Waals surface area contributed by atoms with Crippen LogP contribution in [0.3, 0.4) is 0 Å². The molecule has 3 aliphatic carbocycles. The number of ketones is 3. The van der Waals surface area contributed by atoms with Gasteiger partial charge >= 0.3 is 65.7 Å². The lowest BCUT2D eigenvalue weighted by atomic mass is 9.70. The number of allylic oxidation sites excluding steroid dienone is 9. The van der Waals surface area contributed by atoms with Gasteiger partial charge in [-0.3, -0.25) is 28.8 Å². The number of carbonyl (C=O) groups excluding carboxylic acids is 13. The van der Waals surface area contributed by atoms with E-state index >= 15 is 0 Å². The summed E-state index contributed by atoms with van der Waals surface area (Å²) in [4.78, 5) is 173. The van der Waals surface area contributed by atoms with Crippen LogP contribution in [0.2, 0.25) is 0 Å². The summed E-state index contributed by atoms with van der Waals surface area (Å²) in [5.74, 6) is -16.0. The summed E-state index contributed by atoms with van der Waals surface area (Å²) in [6, 6.07) is 0. The smallest absolute Gasteiger partial charge is 0.377 e. The molecule has 17 atom stereocenters. The summed E-state index contributed by atoms with van der Waals surface area (Å²) >= 11 is 5.24. The number of hydrogen-bond acceptors (Lipinski definition) is 43. The van der Waals surface area contributed by atoms with Crippen LogP contribution in [0.5, 0.6) is 0 Å². The van der Waals surface area contributed by atoms with Gasteiger partial charge in [0.1, 0.15) is 36.6 Å². The Kier molecular flexibility index (Phi) is 39.8. The van der Waals surface area contributed by atoms with E-state index in [1.807, 2.05) is 81.4 Å². The number of ether oxygens (including phenoxy) is 19. The Bertz CT molecular complexity index is 4960. The number of cyclic esters (lactones) is 5. The van der Waals surface area contributed by atoms with Crippen LogP contribution in [-0.2, 0) is 162 Å². The minimum absolute atomic E-state index is 0.0455. The number of rotatable bonds is 22. The lowest BCUT2D eigenvalue weighted by molar-refractivity contribution is -0.187. The predicted octanol–water partition coefficient (Wildman–Crippen LogP) is 5.87. The summed E-state index contributed by atoms with van der Waals surface area (Å²) < 4.78 is 95.6. The van der Waals surface area contributed by atoms with E-state index in [-0.39, 0.29) is 71.5 Å². The molecule has 0 aromatic heterocycles. The van der Waals surface area contributed by atoms with Crippen molar-refractivity contribution in [3.8, 4) is 0 Å². The predicted molar refractivity (Wildman–Crippen MR) is 452 cm³/mol. The summed E-state index contributed by atoms with van der Waals surface area (Å²) in [6.45, 7) is 37.9. The number of esters is 9. The monoisotopic (exact) mass is 1940 g/mol. The second-order valence-corrected chi connectivity index (χ2v) is 34.8. The largest absolute Gasteiger partial charge is 0.505 e. The van der Waals surface area contributed by atoms with Crippen molar-refractivity contribution < 1.29 is 218 Å². The maximum Gasteiger partial charge on any atom is 0.377 e. The van der Waals surface area contributed by atoms with Gasteiger partial charge in [-0.1, -0.05) is 76.5 Å². The first-order valence-electron chi connectivity index (χ1n) is 41.9. The van der Waals surface area contributed by atoms with Crippen LogP contribution in [-0.4, -0.2) is 301 Å². The maximum absolute atomic E-state index is 12.9.